The highest BCUT2D eigenvalue weighted by atomic mass is 19.4. The van der Waals surface area contributed by atoms with Crippen LogP contribution >= 0.6 is 0 Å². The van der Waals surface area contributed by atoms with Crippen molar-refractivity contribution in [3.05, 3.63) is 0 Å². The second-order valence-electron chi connectivity index (χ2n) is 3.78. The van der Waals surface area contributed by atoms with Crippen molar-refractivity contribution in [1.29, 1.82) is 0 Å². The molecule has 0 heterocycles. The summed E-state index contributed by atoms with van der Waals surface area (Å²) in [5.41, 5.74) is 5.68. The molecule has 0 aromatic carbocycles. The summed E-state index contributed by atoms with van der Waals surface area (Å²) in [5, 5.41) is 0. The van der Waals surface area contributed by atoms with Gasteiger partial charge < -0.3 is 10.5 Å². The number of alkyl halides is 3. The van der Waals surface area contributed by atoms with Gasteiger partial charge in [-0.25, -0.2) is 0 Å². The molecule has 14 heavy (non-hydrogen) atoms. The van der Waals surface area contributed by atoms with Gasteiger partial charge in [-0.2, -0.15) is 13.2 Å². The van der Waals surface area contributed by atoms with Crippen molar-refractivity contribution in [2.75, 3.05) is 6.61 Å². The summed E-state index contributed by atoms with van der Waals surface area (Å²) in [7, 11) is 0. The molecule has 2 nitrogen and oxygen atoms in total. The highest BCUT2D eigenvalue weighted by molar-refractivity contribution is 4.75. The molecule has 2 unspecified atom stereocenters. The van der Waals surface area contributed by atoms with E-state index in [1.165, 1.54) is 0 Å². The Bertz CT molecular complexity index is 172. The minimum absolute atomic E-state index is 0.0684. The number of hydrogen-bond donors (Lipinski definition) is 1. The van der Waals surface area contributed by atoms with Crippen LogP contribution in [0.15, 0.2) is 0 Å². The Hall–Kier alpha value is -0.290. The van der Waals surface area contributed by atoms with Gasteiger partial charge in [0.25, 0.3) is 0 Å². The summed E-state index contributed by atoms with van der Waals surface area (Å²) in [6.45, 7) is -0.235. The van der Waals surface area contributed by atoms with Gasteiger partial charge in [-0.1, -0.05) is 0 Å². The molecule has 1 aliphatic carbocycles. The van der Waals surface area contributed by atoms with E-state index in [-0.39, 0.29) is 18.8 Å². The predicted octanol–water partition coefficient (Wildman–Crippen LogP) is 2.23. The largest absolute Gasteiger partial charge is 0.391 e. The van der Waals surface area contributed by atoms with Crippen LogP contribution in [0.4, 0.5) is 13.2 Å². The third-order valence-electron chi connectivity index (χ3n) is 2.41. The molecule has 0 spiro atoms. The molecule has 1 aliphatic rings. The van der Waals surface area contributed by atoms with Gasteiger partial charge in [-0.15, -0.1) is 0 Å². The molecule has 0 aromatic heterocycles. The molecular weight excluding hydrogens is 195 g/mol. The Kier molecular flexibility index (Phi) is 4.19. The highest BCUT2D eigenvalue weighted by Gasteiger charge is 2.28. The fourth-order valence-electron chi connectivity index (χ4n) is 1.67. The number of halogens is 3. The average molecular weight is 211 g/mol. The van der Waals surface area contributed by atoms with Gasteiger partial charge in [0.05, 0.1) is 19.1 Å². The van der Waals surface area contributed by atoms with Gasteiger partial charge in [0.1, 0.15) is 0 Å². The number of hydrogen-bond acceptors (Lipinski definition) is 2. The topological polar surface area (TPSA) is 35.2 Å². The van der Waals surface area contributed by atoms with Gasteiger partial charge in [0, 0.05) is 6.04 Å². The maximum Gasteiger partial charge on any atom is 0.391 e. The molecule has 2 N–H and O–H groups in total. The average Bonchev–Trinajstić information content (AvgIpc) is 2.01. The number of rotatable bonds is 3. The van der Waals surface area contributed by atoms with E-state index < -0.39 is 12.6 Å². The van der Waals surface area contributed by atoms with E-state index in [2.05, 4.69) is 0 Å². The van der Waals surface area contributed by atoms with Crippen molar-refractivity contribution in [3.63, 3.8) is 0 Å². The van der Waals surface area contributed by atoms with Crippen LogP contribution in [0.2, 0.25) is 0 Å². The van der Waals surface area contributed by atoms with E-state index in [4.69, 9.17) is 10.5 Å². The standard InChI is InChI=1S/C9H16F3NO/c10-9(11,12)4-5-14-8-3-1-2-7(13)6-8/h7-8H,1-6,13H2. The van der Waals surface area contributed by atoms with Crippen molar-refractivity contribution >= 4 is 0 Å². The zero-order valence-corrected chi connectivity index (χ0v) is 8.02. The first-order valence-corrected chi connectivity index (χ1v) is 4.91. The quantitative estimate of drug-likeness (QED) is 0.776. The fourth-order valence-corrected chi connectivity index (χ4v) is 1.67. The lowest BCUT2D eigenvalue weighted by atomic mass is 9.94. The first-order chi connectivity index (χ1) is 6.47. The Morgan fingerprint density at radius 3 is 2.57 bits per heavy atom. The van der Waals surface area contributed by atoms with Crippen LogP contribution in [0.25, 0.3) is 0 Å². The molecule has 5 heteroatoms. The summed E-state index contributed by atoms with van der Waals surface area (Å²) in [5.74, 6) is 0. The summed E-state index contributed by atoms with van der Waals surface area (Å²) < 4.78 is 40.5. The monoisotopic (exact) mass is 211 g/mol. The first-order valence-electron chi connectivity index (χ1n) is 4.91. The maximum atomic E-state index is 11.8. The molecule has 2 atom stereocenters. The number of ether oxygens (including phenoxy) is 1. The van der Waals surface area contributed by atoms with E-state index in [1.54, 1.807) is 0 Å². The van der Waals surface area contributed by atoms with Gasteiger partial charge >= 0.3 is 6.18 Å². The smallest absolute Gasteiger partial charge is 0.378 e. The van der Waals surface area contributed by atoms with Crippen LogP contribution in [0.1, 0.15) is 32.1 Å². The van der Waals surface area contributed by atoms with Gasteiger partial charge in [0.2, 0.25) is 0 Å². The lowest BCUT2D eigenvalue weighted by Crippen LogP contribution is -2.32. The van der Waals surface area contributed by atoms with Crippen molar-refractivity contribution in [2.24, 2.45) is 5.73 Å². The van der Waals surface area contributed by atoms with Crippen molar-refractivity contribution < 1.29 is 17.9 Å². The fraction of sp³-hybridized carbons (Fsp3) is 1.00. The molecule has 84 valence electrons. The molecule has 1 saturated carbocycles. The van der Waals surface area contributed by atoms with E-state index in [0.29, 0.717) is 6.42 Å². The molecule has 0 radical (unpaired) electrons. The Morgan fingerprint density at radius 2 is 2.00 bits per heavy atom. The summed E-state index contributed by atoms with van der Waals surface area (Å²) in [6, 6.07) is 0.0969. The third kappa shape index (κ3) is 4.81. The maximum absolute atomic E-state index is 11.8. The lowest BCUT2D eigenvalue weighted by molar-refractivity contribution is -0.150. The third-order valence-corrected chi connectivity index (χ3v) is 2.41. The van der Waals surface area contributed by atoms with Crippen molar-refractivity contribution in [3.8, 4) is 0 Å². The highest BCUT2D eigenvalue weighted by Crippen LogP contribution is 2.23. The van der Waals surface area contributed by atoms with E-state index in [9.17, 15) is 13.2 Å². The Morgan fingerprint density at radius 1 is 1.29 bits per heavy atom. The van der Waals surface area contributed by atoms with Crippen LogP contribution in [0.5, 0.6) is 0 Å². The van der Waals surface area contributed by atoms with Gasteiger partial charge in [-0.3, -0.25) is 0 Å². The molecule has 1 fully saturated rings. The summed E-state index contributed by atoms with van der Waals surface area (Å²) >= 11 is 0. The van der Waals surface area contributed by atoms with E-state index in [1.807, 2.05) is 0 Å². The van der Waals surface area contributed by atoms with Crippen molar-refractivity contribution in [1.82, 2.24) is 0 Å². The predicted molar refractivity (Wildman–Crippen MR) is 46.9 cm³/mol. The second-order valence-corrected chi connectivity index (χ2v) is 3.78. The summed E-state index contributed by atoms with van der Waals surface area (Å²) in [6.07, 6.45) is -1.60. The van der Waals surface area contributed by atoms with Crippen LogP contribution in [-0.4, -0.2) is 24.9 Å². The minimum atomic E-state index is -4.11. The van der Waals surface area contributed by atoms with Crippen LogP contribution < -0.4 is 5.73 Å². The SMILES string of the molecule is NC1CCCC(OCCC(F)(F)F)C1. The van der Waals surface area contributed by atoms with Crippen LogP contribution in [0.3, 0.4) is 0 Å². The molecule has 0 bridgehead atoms. The zero-order valence-electron chi connectivity index (χ0n) is 8.02. The molecule has 0 amide bonds. The lowest BCUT2D eigenvalue weighted by Gasteiger charge is -2.26. The van der Waals surface area contributed by atoms with Gasteiger partial charge in [-0.05, 0) is 25.7 Å². The number of nitrogens with two attached hydrogens (primary N) is 1. The van der Waals surface area contributed by atoms with E-state index >= 15 is 0 Å². The minimum Gasteiger partial charge on any atom is -0.378 e. The van der Waals surface area contributed by atoms with Crippen LogP contribution in [0, 0.1) is 0 Å². The van der Waals surface area contributed by atoms with Crippen molar-refractivity contribution in [2.45, 2.75) is 50.4 Å². The molecule has 1 rings (SSSR count). The first kappa shape index (κ1) is 11.8. The molecule has 0 saturated heterocycles. The second kappa shape index (κ2) is 4.98. The Labute approximate surface area is 81.6 Å². The van der Waals surface area contributed by atoms with Gasteiger partial charge in [0.15, 0.2) is 0 Å². The van der Waals surface area contributed by atoms with Crippen LogP contribution in [-0.2, 0) is 4.74 Å². The molecule has 0 aliphatic heterocycles. The normalized spacial score (nSPS) is 29.1. The summed E-state index contributed by atoms with van der Waals surface area (Å²) in [4.78, 5) is 0. The molecular formula is C9H16F3NO. The zero-order chi connectivity index (χ0) is 10.6. The Balaban J connectivity index is 2.12. The molecule has 0 aromatic rings. The van der Waals surface area contributed by atoms with E-state index in [0.717, 1.165) is 19.3 Å².